The van der Waals surface area contributed by atoms with Crippen LogP contribution in [0.5, 0.6) is 0 Å². The van der Waals surface area contributed by atoms with E-state index in [0.717, 1.165) is 6.54 Å². The Morgan fingerprint density at radius 2 is 2.05 bits per heavy atom. The van der Waals surface area contributed by atoms with Gasteiger partial charge in [0.05, 0.1) is 6.61 Å². The average Bonchev–Trinajstić information content (AvgIpc) is 2.36. The van der Waals surface area contributed by atoms with Crippen molar-refractivity contribution in [2.45, 2.75) is 45.4 Å². The first-order chi connectivity index (χ1) is 9.28. The third kappa shape index (κ3) is 4.92. The van der Waals surface area contributed by atoms with Gasteiger partial charge in [-0.1, -0.05) is 0 Å². The summed E-state index contributed by atoms with van der Waals surface area (Å²) in [6.45, 7) is 11.0. The number of hydrogen-bond acceptors (Lipinski definition) is 5. The van der Waals surface area contributed by atoms with E-state index in [0.29, 0.717) is 32.3 Å². The molecule has 0 aromatic heterocycles. The third-order valence-corrected chi connectivity index (χ3v) is 3.43. The summed E-state index contributed by atoms with van der Waals surface area (Å²) in [4.78, 5) is 16.2. The number of nitrogens with two attached hydrogens (primary N) is 1. The van der Waals surface area contributed by atoms with Gasteiger partial charge in [-0.3, -0.25) is 4.90 Å². The molecule has 0 spiro atoms. The summed E-state index contributed by atoms with van der Waals surface area (Å²) in [5.74, 6) is 0. The zero-order chi connectivity index (χ0) is 15.3. The predicted octanol–water partition coefficient (Wildman–Crippen LogP) is 0.901. The number of carbonyl (C=O) groups excluding carboxylic acids is 1. The van der Waals surface area contributed by atoms with Crippen LogP contribution in [0.25, 0.3) is 0 Å². The van der Waals surface area contributed by atoms with E-state index in [1.807, 2.05) is 20.8 Å². The number of piperazine rings is 1. The van der Waals surface area contributed by atoms with Gasteiger partial charge < -0.3 is 20.1 Å². The topological polar surface area (TPSA) is 68.0 Å². The molecule has 0 aliphatic carbocycles. The maximum absolute atomic E-state index is 12.1. The van der Waals surface area contributed by atoms with Crippen molar-refractivity contribution >= 4 is 6.09 Å². The molecule has 1 aliphatic heterocycles. The Balaban J connectivity index is 2.60. The fourth-order valence-corrected chi connectivity index (χ4v) is 2.49. The zero-order valence-corrected chi connectivity index (χ0v) is 13.4. The molecule has 1 rings (SSSR count). The first kappa shape index (κ1) is 17.2. The molecule has 1 amide bonds. The van der Waals surface area contributed by atoms with Gasteiger partial charge in [-0.2, -0.15) is 0 Å². The van der Waals surface area contributed by atoms with E-state index in [9.17, 15) is 4.79 Å². The minimum absolute atomic E-state index is 0.154. The van der Waals surface area contributed by atoms with Gasteiger partial charge in [0.1, 0.15) is 5.60 Å². The molecule has 6 nitrogen and oxygen atoms in total. The first-order valence-corrected chi connectivity index (χ1v) is 7.21. The van der Waals surface area contributed by atoms with Crippen LogP contribution in [0.15, 0.2) is 0 Å². The van der Waals surface area contributed by atoms with Crippen molar-refractivity contribution < 1.29 is 14.3 Å². The van der Waals surface area contributed by atoms with Crippen molar-refractivity contribution in [3.8, 4) is 0 Å². The van der Waals surface area contributed by atoms with Gasteiger partial charge in [-0.25, -0.2) is 4.79 Å². The molecule has 2 N–H and O–H groups in total. The number of amides is 1. The summed E-state index contributed by atoms with van der Waals surface area (Å²) in [6, 6.07) is 0.454. The molecule has 0 bridgehead atoms. The van der Waals surface area contributed by atoms with Crippen LogP contribution < -0.4 is 5.73 Å². The van der Waals surface area contributed by atoms with Gasteiger partial charge in [-0.15, -0.1) is 0 Å². The van der Waals surface area contributed by atoms with Crippen molar-refractivity contribution in [2.24, 2.45) is 5.73 Å². The summed E-state index contributed by atoms with van der Waals surface area (Å²) in [5.41, 5.74) is 5.39. The van der Waals surface area contributed by atoms with E-state index in [1.165, 1.54) is 0 Å². The summed E-state index contributed by atoms with van der Waals surface area (Å²) in [6.07, 6.45) is -0.255. The Hall–Kier alpha value is -0.850. The summed E-state index contributed by atoms with van der Waals surface area (Å²) >= 11 is 0. The molecule has 20 heavy (non-hydrogen) atoms. The summed E-state index contributed by atoms with van der Waals surface area (Å²) < 4.78 is 10.6. The maximum Gasteiger partial charge on any atom is 0.410 e. The summed E-state index contributed by atoms with van der Waals surface area (Å²) in [5, 5.41) is 0. The van der Waals surface area contributed by atoms with Gasteiger partial charge in [0.15, 0.2) is 0 Å². The molecule has 0 aromatic carbocycles. The highest BCUT2D eigenvalue weighted by Gasteiger charge is 2.33. The van der Waals surface area contributed by atoms with Crippen molar-refractivity contribution in [2.75, 3.05) is 39.9 Å². The van der Waals surface area contributed by atoms with Gasteiger partial charge in [0, 0.05) is 45.4 Å². The van der Waals surface area contributed by atoms with Crippen LogP contribution >= 0.6 is 0 Å². The molecule has 1 heterocycles. The molecule has 1 saturated heterocycles. The van der Waals surface area contributed by atoms with Gasteiger partial charge in [0.25, 0.3) is 0 Å². The van der Waals surface area contributed by atoms with Crippen molar-refractivity contribution in [3.05, 3.63) is 0 Å². The number of ether oxygens (including phenoxy) is 2. The SMILES string of the molecule is COCC(C)N1CCN(C(=O)OC(C)(C)C)CC1CN. The fourth-order valence-electron chi connectivity index (χ4n) is 2.49. The number of carbonyl (C=O) groups is 1. The van der Waals surface area contributed by atoms with Crippen molar-refractivity contribution in [1.82, 2.24) is 9.80 Å². The van der Waals surface area contributed by atoms with E-state index in [2.05, 4.69) is 11.8 Å². The van der Waals surface area contributed by atoms with Crippen LogP contribution in [0.3, 0.4) is 0 Å². The van der Waals surface area contributed by atoms with Crippen LogP contribution in [0.1, 0.15) is 27.7 Å². The molecule has 2 atom stereocenters. The molecular weight excluding hydrogens is 258 g/mol. The minimum atomic E-state index is -0.463. The Morgan fingerprint density at radius 3 is 2.55 bits per heavy atom. The lowest BCUT2D eigenvalue weighted by atomic mass is 10.1. The van der Waals surface area contributed by atoms with E-state index < -0.39 is 5.60 Å². The minimum Gasteiger partial charge on any atom is -0.444 e. The Kier molecular flexibility index (Phi) is 6.23. The van der Waals surface area contributed by atoms with Crippen molar-refractivity contribution in [1.29, 1.82) is 0 Å². The Morgan fingerprint density at radius 1 is 1.40 bits per heavy atom. The lowest BCUT2D eigenvalue weighted by molar-refractivity contribution is -0.0104. The number of hydrogen-bond donors (Lipinski definition) is 1. The van der Waals surface area contributed by atoms with Crippen LogP contribution in [0.4, 0.5) is 4.79 Å². The van der Waals surface area contributed by atoms with Crippen LogP contribution in [-0.4, -0.2) is 73.5 Å². The second-order valence-corrected chi connectivity index (χ2v) is 6.36. The predicted molar refractivity (Wildman–Crippen MR) is 78.7 cm³/mol. The molecule has 6 heteroatoms. The molecule has 1 fully saturated rings. The van der Waals surface area contributed by atoms with Gasteiger partial charge in [0.2, 0.25) is 0 Å². The normalized spacial score (nSPS) is 22.7. The second-order valence-electron chi connectivity index (χ2n) is 6.36. The molecular formula is C14H29N3O3. The third-order valence-electron chi connectivity index (χ3n) is 3.43. The molecule has 118 valence electrons. The van der Waals surface area contributed by atoms with E-state index in [4.69, 9.17) is 15.2 Å². The first-order valence-electron chi connectivity index (χ1n) is 7.21. The van der Waals surface area contributed by atoms with E-state index >= 15 is 0 Å². The zero-order valence-electron chi connectivity index (χ0n) is 13.4. The quantitative estimate of drug-likeness (QED) is 0.832. The molecule has 0 radical (unpaired) electrons. The monoisotopic (exact) mass is 287 g/mol. The van der Waals surface area contributed by atoms with Gasteiger partial charge >= 0.3 is 6.09 Å². The highest BCUT2D eigenvalue weighted by molar-refractivity contribution is 5.68. The number of rotatable bonds is 4. The standard InChI is InChI=1S/C14H29N3O3/c1-11(10-19-5)17-7-6-16(9-12(17)8-15)13(18)20-14(2,3)4/h11-12H,6-10,15H2,1-5H3. The van der Waals surface area contributed by atoms with Crippen LogP contribution in [0, 0.1) is 0 Å². The maximum atomic E-state index is 12.1. The van der Waals surface area contributed by atoms with E-state index in [1.54, 1.807) is 12.0 Å². The lowest BCUT2D eigenvalue weighted by Crippen LogP contribution is -2.60. The Bertz CT molecular complexity index is 317. The number of nitrogens with zero attached hydrogens (tertiary/aromatic N) is 2. The average molecular weight is 287 g/mol. The van der Waals surface area contributed by atoms with Crippen LogP contribution in [-0.2, 0) is 9.47 Å². The molecule has 0 aromatic rings. The van der Waals surface area contributed by atoms with Gasteiger partial charge in [-0.05, 0) is 27.7 Å². The lowest BCUT2D eigenvalue weighted by Gasteiger charge is -2.43. The highest BCUT2D eigenvalue weighted by Crippen LogP contribution is 2.16. The fraction of sp³-hybridized carbons (Fsp3) is 0.929. The molecule has 2 unspecified atom stereocenters. The summed E-state index contributed by atoms with van der Waals surface area (Å²) in [7, 11) is 1.70. The number of methoxy groups -OCH3 is 1. The highest BCUT2D eigenvalue weighted by atomic mass is 16.6. The largest absolute Gasteiger partial charge is 0.444 e. The molecule has 0 saturated carbocycles. The molecule has 1 aliphatic rings. The Labute approximate surface area is 122 Å². The van der Waals surface area contributed by atoms with E-state index in [-0.39, 0.29) is 12.1 Å². The van der Waals surface area contributed by atoms with Crippen molar-refractivity contribution in [3.63, 3.8) is 0 Å². The second kappa shape index (κ2) is 7.24. The smallest absolute Gasteiger partial charge is 0.410 e. The van der Waals surface area contributed by atoms with Crippen LogP contribution in [0.2, 0.25) is 0 Å².